The normalized spacial score (nSPS) is 12.3. The Morgan fingerprint density at radius 2 is 2.20 bits per heavy atom. The van der Waals surface area contributed by atoms with Gasteiger partial charge in [-0.3, -0.25) is 5.32 Å². The largest absolute Gasteiger partial charge is 0.444 e. The van der Waals surface area contributed by atoms with Gasteiger partial charge in [0.25, 0.3) is 0 Å². The molecule has 10 heavy (non-hydrogen) atoms. The predicted octanol–water partition coefficient (Wildman–Crippen LogP) is 0.671. The molecule has 0 aliphatic rings. The fourth-order valence-electron chi connectivity index (χ4n) is 0.320. The summed E-state index contributed by atoms with van der Waals surface area (Å²) in [5.74, 6) is -0.359. The zero-order chi connectivity index (χ0) is 8.15. The van der Waals surface area contributed by atoms with E-state index in [1.54, 1.807) is 20.9 Å². The molecule has 3 nitrogen and oxygen atoms in total. The topological polar surface area (TPSA) is 38.3 Å². The first-order chi connectivity index (χ1) is 4.57. The van der Waals surface area contributed by atoms with Crippen LogP contribution in [0.25, 0.3) is 0 Å². The SMILES string of the molecule is C=C(C)C(=O)OC(C)NC. The Balaban J connectivity index is 3.68. The zero-order valence-corrected chi connectivity index (χ0v) is 6.60. The highest BCUT2D eigenvalue weighted by Crippen LogP contribution is 1.94. The number of esters is 1. The van der Waals surface area contributed by atoms with E-state index in [1.807, 2.05) is 0 Å². The maximum atomic E-state index is 10.8. The van der Waals surface area contributed by atoms with Crippen LogP contribution in [0.3, 0.4) is 0 Å². The molecule has 0 spiro atoms. The average Bonchev–Trinajstić information content (AvgIpc) is 1.87. The molecule has 1 atom stereocenters. The van der Waals surface area contributed by atoms with Crippen LogP contribution in [0.2, 0.25) is 0 Å². The van der Waals surface area contributed by atoms with Crippen molar-refractivity contribution >= 4 is 5.97 Å². The van der Waals surface area contributed by atoms with E-state index in [2.05, 4.69) is 11.9 Å². The van der Waals surface area contributed by atoms with Gasteiger partial charge in [-0.15, -0.1) is 0 Å². The lowest BCUT2D eigenvalue weighted by Gasteiger charge is -2.10. The number of nitrogens with one attached hydrogen (secondary N) is 1. The Morgan fingerprint density at radius 3 is 2.50 bits per heavy atom. The molecule has 58 valence electrons. The second kappa shape index (κ2) is 4.06. The van der Waals surface area contributed by atoms with E-state index in [0.717, 1.165) is 0 Å². The monoisotopic (exact) mass is 143 g/mol. The van der Waals surface area contributed by atoms with E-state index in [-0.39, 0.29) is 12.2 Å². The summed E-state index contributed by atoms with van der Waals surface area (Å²) in [6.07, 6.45) is -0.246. The molecule has 0 aliphatic carbocycles. The number of hydrogen-bond acceptors (Lipinski definition) is 3. The predicted molar refractivity (Wildman–Crippen MR) is 39.4 cm³/mol. The summed E-state index contributed by atoms with van der Waals surface area (Å²) >= 11 is 0. The van der Waals surface area contributed by atoms with Crippen molar-refractivity contribution in [3.63, 3.8) is 0 Å². The summed E-state index contributed by atoms with van der Waals surface area (Å²) in [5.41, 5.74) is 0.419. The van der Waals surface area contributed by atoms with E-state index in [1.165, 1.54) is 0 Å². The molecule has 0 aromatic rings. The van der Waals surface area contributed by atoms with Gasteiger partial charge in [0.2, 0.25) is 0 Å². The third-order valence-electron chi connectivity index (χ3n) is 1.04. The summed E-state index contributed by atoms with van der Waals surface area (Å²) in [5, 5.41) is 2.77. The lowest BCUT2D eigenvalue weighted by Crippen LogP contribution is -2.27. The zero-order valence-electron chi connectivity index (χ0n) is 6.60. The molecular formula is C7H13NO2. The number of carbonyl (C=O) groups is 1. The first-order valence-electron chi connectivity index (χ1n) is 3.11. The summed E-state index contributed by atoms with van der Waals surface area (Å²) in [6.45, 7) is 6.81. The number of hydrogen-bond donors (Lipinski definition) is 1. The number of rotatable bonds is 3. The first kappa shape index (κ1) is 9.17. The van der Waals surface area contributed by atoms with Gasteiger partial charge in [-0.25, -0.2) is 4.79 Å². The third-order valence-corrected chi connectivity index (χ3v) is 1.04. The Hall–Kier alpha value is -0.830. The standard InChI is InChI=1S/C7H13NO2/c1-5(2)7(9)10-6(3)8-4/h6,8H,1H2,2-4H3. The molecule has 1 N–H and O–H groups in total. The van der Waals surface area contributed by atoms with Gasteiger partial charge < -0.3 is 4.74 Å². The molecule has 0 heterocycles. The van der Waals surface area contributed by atoms with Crippen LogP contribution in [0, 0.1) is 0 Å². The molecule has 0 saturated carbocycles. The van der Waals surface area contributed by atoms with E-state index >= 15 is 0 Å². The van der Waals surface area contributed by atoms with Gasteiger partial charge in [-0.05, 0) is 20.9 Å². The van der Waals surface area contributed by atoms with E-state index in [9.17, 15) is 4.79 Å². The average molecular weight is 143 g/mol. The van der Waals surface area contributed by atoms with Crippen molar-refractivity contribution in [2.45, 2.75) is 20.1 Å². The molecule has 3 heteroatoms. The molecule has 0 aliphatic heterocycles. The van der Waals surface area contributed by atoms with Gasteiger partial charge in [-0.2, -0.15) is 0 Å². The summed E-state index contributed by atoms with van der Waals surface area (Å²) < 4.78 is 4.81. The van der Waals surface area contributed by atoms with Crippen molar-refractivity contribution in [3.05, 3.63) is 12.2 Å². The van der Waals surface area contributed by atoms with Crippen molar-refractivity contribution < 1.29 is 9.53 Å². The van der Waals surface area contributed by atoms with Gasteiger partial charge in [0.1, 0.15) is 0 Å². The minimum atomic E-state index is -0.359. The van der Waals surface area contributed by atoms with E-state index < -0.39 is 0 Å². The van der Waals surface area contributed by atoms with Crippen LogP contribution in [0.4, 0.5) is 0 Å². The Kier molecular flexibility index (Phi) is 3.72. The highest BCUT2D eigenvalue weighted by atomic mass is 16.6. The lowest BCUT2D eigenvalue weighted by atomic mass is 10.4. The van der Waals surface area contributed by atoms with E-state index in [0.29, 0.717) is 5.57 Å². The van der Waals surface area contributed by atoms with Crippen molar-refractivity contribution in [2.24, 2.45) is 0 Å². The van der Waals surface area contributed by atoms with Crippen LogP contribution in [0.15, 0.2) is 12.2 Å². The minimum absolute atomic E-state index is 0.246. The molecule has 0 bridgehead atoms. The molecule has 1 unspecified atom stereocenters. The fourth-order valence-corrected chi connectivity index (χ4v) is 0.320. The molecule has 0 radical (unpaired) electrons. The second-order valence-electron chi connectivity index (χ2n) is 2.12. The van der Waals surface area contributed by atoms with Crippen molar-refractivity contribution in [2.75, 3.05) is 7.05 Å². The van der Waals surface area contributed by atoms with Crippen molar-refractivity contribution in [1.29, 1.82) is 0 Å². The highest BCUT2D eigenvalue weighted by Gasteiger charge is 2.06. The van der Waals surface area contributed by atoms with Gasteiger partial charge >= 0.3 is 5.97 Å². The Morgan fingerprint density at radius 1 is 1.70 bits per heavy atom. The molecule has 0 amide bonds. The van der Waals surface area contributed by atoms with Crippen LogP contribution >= 0.6 is 0 Å². The van der Waals surface area contributed by atoms with Crippen LogP contribution in [0.5, 0.6) is 0 Å². The summed E-state index contributed by atoms with van der Waals surface area (Å²) in [7, 11) is 1.72. The molecule has 0 fully saturated rings. The smallest absolute Gasteiger partial charge is 0.334 e. The van der Waals surface area contributed by atoms with Crippen LogP contribution in [0.1, 0.15) is 13.8 Å². The van der Waals surface area contributed by atoms with Crippen LogP contribution < -0.4 is 5.32 Å². The molecule has 0 saturated heterocycles. The third kappa shape index (κ3) is 3.25. The Bertz CT molecular complexity index is 143. The first-order valence-corrected chi connectivity index (χ1v) is 3.11. The second-order valence-corrected chi connectivity index (χ2v) is 2.12. The van der Waals surface area contributed by atoms with Gasteiger partial charge in [-0.1, -0.05) is 6.58 Å². The lowest BCUT2D eigenvalue weighted by molar-refractivity contribution is -0.144. The summed E-state index contributed by atoms with van der Waals surface area (Å²) in [6, 6.07) is 0. The van der Waals surface area contributed by atoms with Crippen LogP contribution in [-0.2, 0) is 9.53 Å². The Labute approximate surface area is 61.1 Å². The number of carbonyl (C=O) groups excluding carboxylic acids is 1. The van der Waals surface area contributed by atoms with Crippen molar-refractivity contribution in [3.8, 4) is 0 Å². The number of ether oxygens (including phenoxy) is 1. The molecule has 0 aromatic heterocycles. The quantitative estimate of drug-likeness (QED) is 0.358. The molecule has 0 rings (SSSR count). The van der Waals surface area contributed by atoms with Crippen molar-refractivity contribution in [1.82, 2.24) is 5.32 Å². The fraction of sp³-hybridized carbons (Fsp3) is 0.571. The van der Waals surface area contributed by atoms with Gasteiger partial charge in [0.05, 0.1) is 0 Å². The highest BCUT2D eigenvalue weighted by molar-refractivity contribution is 5.87. The molecule has 0 aromatic carbocycles. The molecular weight excluding hydrogens is 130 g/mol. The maximum Gasteiger partial charge on any atom is 0.334 e. The van der Waals surface area contributed by atoms with Gasteiger partial charge in [0.15, 0.2) is 6.23 Å². The minimum Gasteiger partial charge on any atom is -0.444 e. The van der Waals surface area contributed by atoms with Crippen LogP contribution in [-0.4, -0.2) is 19.2 Å². The summed E-state index contributed by atoms with van der Waals surface area (Å²) in [4.78, 5) is 10.8. The maximum absolute atomic E-state index is 10.8. The van der Waals surface area contributed by atoms with E-state index in [4.69, 9.17) is 4.74 Å². The van der Waals surface area contributed by atoms with Gasteiger partial charge in [0, 0.05) is 5.57 Å².